The van der Waals surface area contributed by atoms with Gasteiger partial charge in [-0.1, -0.05) is 0 Å². The summed E-state index contributed by atoms with van der Waals surface area (Å²) in [4.78, 5) is 0. The van der Waals surface area contributed by atoms with Crippen LogP contribution in [0.25, 0.3) is 0 Å². The Hall–Kier alpha value is 4.24. The van der Waals surface area contributed by atoms with E-state index < -0.39 is 20.8 Å². The van der Waals surface area contributed by atoms with Crippen LogP contribution < -0.4 is 0 Å². The second kappa shape index (κ2) is 33.0. The number of rotatable bonds is 0. The summed E-state index contributed by atoms with van der Waals surface area (Å²) in [7, 11) is -9.33. The van der Waals surface area contributed by atoms with Crippen molar-refractivity contribution in [2.45, 2.75) is 0 Å². The molecule has 0 saturated carbocycles. The first-order valence-corrected chi connectivity index (χ1v) is 4.39. The van der Waals surface area contributed by atoms with E-state index in [-0.39, 0.29) is 143 Å². The van der Waals surface area contributed by atoms with Crippen molar-refractivity contribution in [1.29, 1.82) is 0 Å². The molecule has 0 spiro atoms. The molecule has 0 saturated heterocycles. The van der Waals surface area contributed by atoms with E-state index >= 15 is 0 Å². The van der Waals surface area contributed by atoms with Gasteiger partial charge in [-0.25, -0.2) is 0 Å². The van der Waals surface area contributed by atoms with Crippen LogP contribution in [0.15, 0.2) is 0 Å². The molecule has 0 atom stereocenters. The molecule has 0 aromatic rings. The average molecular weight is 399 g/mol. The standard InChI is InChI=1S/2ClH.4Na.2H2O4S.H2O2.4H/c;;;;;;2*1-5(2,3)4;1-2;;;;/h2*1H;;;;;2*(H2,1,2,3,4);1-2H;;;;. The molecule has 0 aliphatic heterocycles. The zero-order valence-electron chi connectivity index (χ0n) is 5.95. The summed E-state index contributed by atoms with van der Waals surface area (Å²) in [6.07, 6.45) is 0. The SMILES string of the molecule is Cl.Cl.O=S(=O)(O)O.O=S(=O)(O)O.OO.[NaH].[NaH].[NaH].[NaH]. The van der Waals surface area contributed by atoms with Gasteiger partial charge in [-0.15, -0.1) is 24.8 Å². The first kappa shape index (κ1) is 57.2. The monoisotopic (exact) mass is 398 g/mol. The van der Waals surface area contributed by atoms with Crippen LogP contribution in [0.5, 0.6) is 0 Å². The van der Waals surface area contributed by atoms with Gasteiger partial charge in [-0.05, 0) is 0 Å². The van der Waals surface area contributed by atoms with Crippen LogP contribution in [0.3, 0.4) is 0 Å². The maximum absolute atomic E-state index is 8.74. The third-order valence-electron chi connectivity index (χ3n) is 0. The van der Waals surface area contributed by atoms with E-state index in [2.05, 4.69) is 0 Å². The van der Waals surface area contributed by atoms with Gasteiger partial charge in [0.15, 0.2) is 0 Å². The van der Waals surface area contributed by atoms with Crippen molar-refractivity contribution in [3.63, 3.8) is 0 Å². The Kier molecular flexibility index (Phi) is 105. The molecule has 0 aromatic carbocycles. The van der Waals surface area contributed by atoms with E-state index in [0.29, 0.717) is 0 Å². The van der Waals surface area contributed by atoms with Crippen LogP contribution in [-0.2, 0) is 20.8 Å². The predicted octanol–water partition coefficient (Wildman–Crippen LogP) is -3.04. The van der Waals surface area contributed by atoms with Crippen LogP contribution in [0.4, 0.5) is 0 Å². The molecule has 0 aliphatic rings. The molecule has 0 bridgehead atoms. The van der Waals surface area contributed by atoms with Crippen molar-refractivity contribution in [3.05, 3.63) is 0 Å². The van der Waals surface area contributed by atoms with E-state index in [1.165, 1.54) is 0 Å². The molecule has 6 N–H and O–H groups in total. The molecule has 18 heavy (non-hydrogen) atoms. The van der Waals surface area contributed by atoms with Gasteiger partial charge in [0.1, 0.15) is 0 Å². The molecular weight excluding hydrogens is 387 g/mol. The molecule has 0 aromatic heterocycles. The van der Waals surface area contributed by atoms with Crippen LogP contribution in [0.2, 0.25) is 0 Å². The van der Waals surface area contributed by atoms with E-state index in [1.54, 1.807) is 0 Å². The Morgan fingerprint density at radius 3 is 0.500 bits per heavy atom. The summed E-state index contributed by atoms with van der Waals surface area (Å²) < 4.78 is 63.2. The van der Waals surface area contributed by atoms with Crippen molar-refractivity contribution < 1.29 is 45.6 Å². The van der Waals surface area contributed by atoms with Gasteiger partial charge in [-0.3, -0.25) is 28.7 Å². The van der Waals surface area contributed by atoms with E-state index in [0.717, 1.165) is 0 Å². The fourth-order valence-corrected chi connectivity index (χ4v) is 0. The fraction of sp³-hybridized carbons (Fsp3) is 0. The molecule has 0 fully saturated rings. The van der Waals surface area contributed by atoms with Crippen molar-refractivity contribution >= 4 is 164 Å². The molecule has 0 amide bonds. The topological polar surface area (TPSA) is 190 Å². The third-order valence-corrected chi connectivity index (χ3v) is 0. The van der Waals surface area contributed by atoms with Gasteiger partial charge in [0.2, 0.25) is 0 Å². The van der Waals surface area contributed by atoms with Crippen molar-refractivity contribution in [2.24, 2.45) is 0 Å². The van der Waals surface area contributed by atoms with Gasteiger partial charge in [-0.2, -0.15) is 16.8 Å². The quantitative estimate of drug-likeness (QED) is 0.106. The summed E-state index contributed by atoms with van der Waals surface area (Å²) in [5, 5.41) is 12.0. The Morgan fingerprint density at radius 2 is 0.500 bits per heavy atom. The Morgan fingerprint density at radius 1 is 0.500 bits per heavy atom. The molecule has 0 heterocycles. The molecule has 102 valence electrons. The number of hydrogen-bond acceptors (Lipinski definition) is 6. The Balaban J connectivity index is -0.00000000872. The minimum atomic E-state index is -4.67. The van der Waals surface area contributed by atoms with Crippen molar-refractivity contribution in [1.82, 2.24) is 0 Å². The molecule has 0 aliphatic carbocycles. The Labute approximate surface area is 205 Å². The number of halogens is 2. The van der Waals surface area contributed by atoms with Gasteiger partial charge in [0, 0.05) is 0 Å². The zero-order valence-corrected chi connectivity index (χ0v) is 9.22. The van der Waals surface area contributed by atoms with E-state index in [1.807, 2.05) is 0 Å². The summed E-state index contributed by atoms with van der Waals surface area (Å²) in [6, 6.07) is 0. The molecule has 10 nitrogen and oxygen atoms in total. The number of hydrogen-bond donors (Lipinski definition) is 6. The van der Waals surface area contributed by atoms with Gasteiger partial charge in [0.25, 0.3) is 0 Å². The molecule has 0 radical (unpaired) electrons. The second-order valence-corrected chi connectivity index (χ2v) is 2.69. The maximum atomic E-state index is 8.74. The summed E-state index contributed by atoms with van der Waals surface area (Å²) in [5.41, 5.74) is 0. The van der Waals surface area contributed by atoms with Gasteiger partial charge < -0.3 is 0 Å². The van der Waals surface area contributed by atoms with E-state index in [9.17, 15) is 0 Å². The van der Waals surface area contributed by atoms with Crippen LogP contribution >= 0.6 is 24.8 Å². The molecule has 0 rings (SSSR count). The zero-order chi connectivity index (χ0) is 11.0. The van der Waals surface area contributed by atoms with Crippen LogP contribution in [0.1, 0.15) is 0 Å². The minimum absolute atomic E-state index is 0. The van der Waals surface area contributed by atoms with Crippen molar-refractivity contribution in [3.8, 4) is 0 Å². The van der Waals surface area contributed by atoms with Gasteiger partial charge >= 0.3 is 139 Å². The van der Waals surface area contributed by atoms with Crippen LogP contribution in [-0.4, -0.2) is 164 Å². The van der Waals surface area contributed by atoms with Crippen LogP contribution in [0, 0.1) is 0 Å². The first-order valence-electron chi connectivity index (χ1n) is 1.60. The molecule has 0 unspecified atom stereocenters. The first-order chi connectivity index (χ1) is 5.00. The summed E-state index contributed by atoms with van der Waals surface area (Å²) in [6.45, 7) is 0. The van der Waals surface area contributed by atoms with Gasteiger partial charge in [0.05, 0.1) is 0 Å². The average Bonchev–Trinajstić information content (AvgIpc) is 1.59. The van der Waals surface area contributed by atoms with Crippen molar-refractivity contribution in [2.75, 3.05) is 0 Å². The molecule has 18 heteroatoms. The second-order valence-electron chi connectivity index (χ2n) is 0.896. The molecular formula is H12Cl2Na4O10S2. The predicted molar refractivity (Wildman–Crippen MR) is 76.7 cm³/mol. The summed E-state index contributed by atoms with van der Waals surface area (Å²) >= 11 is 0. The third kappa shape index (κ3) is 417. The fourth-order valence-electron chi connectivity index (χ4n) is 0. The Bertz CT molecular complexity index is 226. The normalized spacial score (nSPS) is 6.78. The van der Waals surface area contributed by atoms with E-state index in [4.69, 9.17) is 45.6 Å². The summed E-state index contributed by atoms with van der Waals surface area (Å²) in [5.74, 6) is 0.